The van der Waals surface area contributed by atoms with E-state index in [1.807, 2.05) is 29.6 Å². The first-order valence-electron chi connectivity index (χ1n) is 10.5. The summed E-state index contributed by atoms with van der Waals surface area (Å²) in [5.74, 6) is 4.22. The van der Waals surface area contributed by atoms with E-state index in [9.17, 15) is 5.11 Å². The Morgan fingerprint density at radius 1 is 1.03 bits per heavy atom. The van der Waals surface area contributed by atoms with Crippen molar-refractivity contribution < 1.29 is 9.84 Å². The molecule has 3 aliphatic rings. The van der Waals surface area contributed by atoms with Gasteiger partial charge < -0.3 is 9.84 Å². The van der Waals surface area contributed by atoms with Crippen LogP contribution >= 0.6 is 23.5 Å². The lowest BCUT2D eigenvalue weighted by molar-refractivity contribution is 0.00752. The van der Waals surface area contributed by atoms with Gasteiger partial charge in [0.2, 0.25) is 0 Å². The third-order valence-electron chi connectivity index (χ3n) is 6.73. The summed E-state index contributed by atoms with van der Waals surface area (Å²) in [7, 11) is 0. The number of fused-ring (bicyclic) bond motifs is 3. The molecular formula is C25H28O2S2. The molecule has 4 heteroatoms. The van der Waals surface area contributed by atoms with Gasteiger partial charge in [0.05, 0.1) is 0 Å². The summed E-state index contributed by atoms with van der Waals surface area (Å²) in [4.78, 5) is 0. The van der Waals surface area contributed by atoms with E-state index in [-0.39, 0.29) is 9.68 Å². The van der Waals surface area contributed by atoms with Crippen LogP contribution in [0.4, 0.5) is 0 Å². The van der Waals surface area contributed by atoms with Crippen molar-refractivity contribution in [3.8, 4) is 11.5 Å². The fourth-order valence-corrected chi connectivity index (χ4v) is 8.57. The van der Waals surface area contributed by atoms with Crippen LogP contribution < -0.4 is 4.74 Å². The molecule has 2 atom stereocenters. The zero-order chi connectivity index (χ0) is 20.2. The third kappa shape index (κ3) is 3.11. The molecule has 5 rings (SSSR count). The summed E-state index contributed by atoms with van der Waals surface area (Å²) < 4.78 is 6.40. The van der Waals surface area contributed by atoms with Crippen molar-refractivity contribution in [3.05, 3.63) is 70.8 Å². The first-order chi connectivity index (χ1) is 13.9. The molecule has 29 heavy (non-hydrogen) atoms. The number of rotatable bonds is 2. The third-order valence-corrected chi connectivity index (χ3v) is 10.3. The largest absolute Gasteiger partial charge is 0.508 e. The molecule has 2 aliphatic heterocycles. The minimum Gasteiger partial charge on any atom is -0.508 e. The first kappa shape index (κ1) is 19.4. The van der Waals surface area contributed by atoms with E-state index in [2.05, 4.69) is 63.2 Å². The second-order valence-electron chi connectivity index (χ2n) is 9.00. The minimum atomic E-state index is -0.240. The maximum atomic E-state index is 11.2. The fourth-order valence-electron chi connectivity index (χ4n) is 5.32. The Labute approximate surface area is 182 Å². The van der Waals surface area contributed by atoms with Gasteiger partial charge in [-0.3, -0.25) is 0 Å². The van der Waals surface area contributed by atoms with E-state index < -0.39 is 0 Å². The summed E-state index contributed by atoms with van der Waals surface area (Å²) in [5, 5.41) is 11.2. The zero-order valence-electron chi connectivity index (χ0n) is 17.3. The lowest BCUT2D eigenvalue weighted by atomic mass is 9.67. The lowest BCUT2D eigenvalue weighted by Gasteiger charge is -2.47. The van der Waals surface area contributed by atoms with Crippen LogP contribution in [0.5, 0.6) is 11.5 Å². The molecule has 1 saturated heterocycles. The van der Waals surface area contributed by atoms with Crippen molar-refractivity contribution in [3.63, 3.8) is 0 Å². The van der Waals surface area contributed by atoms with Crippen molar-refractivity contribution >= 4 is 23.5 Å². The molecular weight excluding hydrogens is 396 g/mol. The van der Waals surface area contributed by atoms with Crippen molar-refractivity contribution in [1.82, 2.24) is 0 Å². The number of phenols is 1. The Morgan fingerprint density at radius 3 is 2.48 bits per heavy atom. The molecule has 0 radical (unpaired) electrons. The quantitative estimate of drug-likeness (QED) is 0.544. The summed E-state index contributed by atoms with van der Waals surface area (Å²) in [6, 6.07) is 14.9. The maximum absolute atomic E-state index is 11.2. The second-order valence-corrected chi connectivity index (χ2v) is 11.9. The van der Waals surface area contributed by atoms with Gasteiger partial charge >= 0.3 is 0 Å². The average Bonchev–Trinajstić information content (AvgIpc) is 3.18. The highest BCUT2D eigenvalue weighted by molar-refractivity contribution is 8.20. The molecule has 0 bridgehead atoms. The van der Waals surface area contributed by atoms with E-state index in [0.717, 1.165) is 41.2 Å². The smallest absolute Gasteiger partial charge is 0.127 e. The summed E-state index contributed by atoms with van der Waals surface area (Å²) in [5.41, 5.74) is 4.62. The molecule has 0 amide bonds. The number of hydrogen-bond donors (Lipinski definition) is 1. The number of allylic oxidation sites excluding steroid dienone is 2. The van der Waals surface area contributed by atoms with Gasteiger partial charge in [-0.05, 0) is 56.9 Å². The van der Waals surface area contributed by atoms with Crippen LogP contribution in [0, 0.1) is 5.92 Å². The second kappa shape index (κ2) is 7.02. The molecule has 0 unspecified atom stereocenters. The highest BCUT2D eigenvalue weighted by Gasteiger charge is 2.47. The molecule has 2 heterocycles. The van der Waals surface area contributed by atoms with Gasteiger partial charge in [0, 0.05) is 28.9 Å². The number of thioether (sulfide) groups is 2. The van der Waals surface area contributed by atoms with Crippen LogP contribution in [0.3, 0.4) is 0 Å². The van der Waals surface area contributed by atoms with Crippen LogP contribution in [-0.2, 0) is 4.08 Å². The molecule has 1 N–H and O–H groups in total. The minimum absolute atomic E-state index is 0.180. The average molecular weight is 425 g/mol. The molecule has 0 saturated carbocycles. The van der Waals surface area contributed by atoms with Crippen LogP contribution in [0.2, 0.25) is 0 Å². The van der Waals surface area contributed by atoms with Crippen molar-refractivity contribution in [2.24, 2.45) is 5.92 Å². The number of hydrogen-bond acceptors (Lipinski definition) is 4. The van der Waals surface area contributed by atoms with Gasteiger partial charge in [0.25, 0.3) is 0 Å². The van der Waals surface area contributed by atoms with Crippen molar-refractivity contribution in [2.45, 2.75) is 49.2 Å². The van der Waals surface area contributed by atoms with E-state index in [1.165, 1.54) is 11.1 Å². The summed E-state index contributed by atoms with van der Waals surface area (Å²) in [6.45, 7) is 6.62. The lowest BCUT2D eigenvalue weighted by Crippen LogP contribution is -2.45. The van der Waals surface area contributed by atoms with E-state index in [1.54, 1.807) is 0 Å². The van der Waals surface area contributed by atoms with Gasteiger partial charge in [0.1, 0.15) is 21.2 Å². The van der Waals surface area contributed by atoms with Gasteiger partial charge in [-0.2, -0.15) is 0 Å². The van der Waals surface area contributed by atoms with E-state index in [4.69, 9.17) is 4.74 Å². The number of aromatic hydroxyl groups is 1. The predicted molar refractivity (Wildman–Crippen MR) is 124 cm³/mol. The number of phenolic OH excluding ortho intramolecular Hbond substituents is 1. The topological polar surface area (TPSA) is 29.5 Å². The van der Waals surface area contributed by atoms with Gasteiger partial charge in [-0.1, -0.05) is 42.0 Å². The van der Waals surface area contributed by atoms with Gasteiger partial charge in [-0.15, -0.1) is 23.5 Å². The van der Waals surface area contributed by atoms with Gasteiger partial charge in [-0.25, -0.2) is 0 Å². The number of ether oxygens (including phenoxy) is 1. The zero-order valence-corrected chi connectivity index (χ0v) is 18.9. The predicted octanol–water partition coefficient (Wildman–Crippen LogP) is 6.68. The Balaban J connectivity index is 1.66. The first-order valence-corrected chi connectivity index (χ1v) is 12.4. The van der Waals surface area contributed by atoms with E-state index >= 15 is 0 Å². The summed E-state index contributed by atoms with van der Waals surface area (Å²) >= 11 is 3.93. The maximum Gasteiger partial charge on any atom is 0.127 e. The van der Waals surface area contributed by atoms with Crippen LogP contribution in [0.1, 0.15) is 56.2 Å². The van der Waals surface area contributed by atoms with Crippen LogP contribution in [0.15, 0.2) is 54.1 Å². The molecule has 152 valence electrons. The molecule has 2 aromatic carbocycles. The Bertz CT molecular complexity index is 958. The Hall–Kier alpha value is -1.52. The highest BCUT2D eigenvalue weighted by Crippen LogP contribution is 2.60. The fraction of sp³-hybridized carbons (Fsp3) is 0.440. The Kier molecular flexibility index (Phi) is 4.71. The normalized spacial score (nSPS) is 26.8. The molecule has 2 nitrogen and oxygen atoms in total. The van der Waals surface area contributed by atoms with Gasteiger partial charge in [0.15, 0.2) is 0 Å². The standard InChI is InChI=1S/C25H28O2S2/c1-16-9-10-20-19(13-16)23-21(26)14-18(15-22(23)27-24(20,2)3)25(28-11-12-29-25)17-7-5-4-6-8-17/h4-9,14-15,19-20,26H,10-13H2,1-3H3/t19-,20-/m1/s1. The molecule has 0 spiro atoms. The molecule has 1 fully saturated rings. The highest BCUT2D eigenvalue weighted by atomic mass is 32.2. The molecule has 0 aromatic heterocycles. The monoisotopic (exact) mass is 424 g/mol. The molecule has 1 aliphatic carbocycles. The van der Waals surface area contributed by atoms with Crippen LogP contribution in [-0.4, -0.2) is 22.2 Å². The SMILES string of the molecule is CC1=CC[C@@H]2[C@@H](C1)c1c(O)cc(C3(c4ccccc4)SCCS3)cc1OC2(C)C. The van der Waals surface area contributed by atoms with Crippen molar-refractivity contribution in [1.29, 1.82) is 0 Å². The van der Waals surface area contributed by atoms with E-state index in [0.29, 0.717) is 17.6 Å². The Morgan fingerprint density at radius 2 is 1.76 bits per heavy atom. The number of benzene rings is 2. The van der Waals surface area contributed by atoms with Crippen LogP contribution in [0.25, 0.3) is 0 Å². The molecule has 2 aromatic rings. The summed E-state index contributed by atoms with van der Waals surface area (Å²) in [6.07, 6.45) is 4.37. The van der Waals surface area contributed by atoms with Crippen molar-refractivity contribution in [2.75, 3.05) is 11.5 Å².